The van der Waals surface area contributed by atoms with Crippen LogP contribution in [0.3, 0.4) is 0 Å². The van der Waals surface area contributed by atoms with Crippen molar-refractivity contribution in [3.63, 3.8) is 0 Å². The quantitative estimate of drug-likeness (QED) is 0.429. The molecule has 5 rings (SSSR count). The number of thioether (sulfide) groups is 1. The molecular weight excluding hydrogens is 430 g/mol. The number of fused-ring (bicyclic) bond motifs is 3. The monoisotopic (exact) mass is 455 g/mol. The van der Waals surface area contributed by atoms with Gasteiger partial charge < -0.3 is 9.64 Å². The van der Waals surface area contributed by atoms with E-state index in [1.54, 1.807) is 23.0 Å². The molecule has 0 N–H and O–H groups in total. The number of hydrogen-bond donors (Lipinski definition) is 0. The molecule has 1 aliphatic carbocycles. The maximum absolute atomic E-state index is 13.7. The molecule has 162 valence electrons. The second-order valence-corrected chi connectivity index (χ2v) is 10.0. The van der Waals surface area contributed by atoms with Crippen LogP contribution in [0, 0.1) is 0 Å². The number of aromatic nitrogens is 2. The Morgan fingerprint density at radius 2 is 1.87 bits per heavy atom. The van der Waals surface area contributed by atoms with Gasteiger partial charge in [-0.25, -0.2) is 4.98 Å². The van der Waals surface area contributed by atoms with Crippen LogP contribution in [0.4, 0.5) is 0 Å². The molecule has 3 heterocycles. The summed E-state index contributed by atoms with van der Waals surface area (Å²) in [4.78, 5) is 35.3. The van der Waals surface area contributed by atoms with Crippen molar-refractivity contribution < 1.29 is 9.53 Å². The van der Waals surface area contributed by atoms with Crippen molar-refractivity contribution in [2.45, 2.75) is 43.7 Å². The van der Waals surface area contributed by atoms with Gasteiger partial charge in [0.25, 0.3) is 5.56 Å². The van der Waals surface area contributed by atoms with E-state index in [0.717, 1.165) is 66.8 Å². The molecular formula is C23H25N3O3S2. The molecule has 31 heavy (non-hydrogen) atoms. The number of rotatable bonds is 5. The van der Waals surface area contributed by atoms with Gasteiger partial charge in [-0.05, 0) is 68.4 Å². The van der Waals surface area contributed by atoms with Gasteiger partial charge in [0.15, 0.2) is 5.16 Å². The van der Waals surface area contributed by atoms with Crippen molar-refractivity contribution in [1.29, 1.82) is 0 Å². The van der Waals surface area contributed by atoms with Crippen LogP contribution in [-0.4, -0.2) is 46.3 Å². The summed E-state index contributed by atoms with van der Waals surface area (Å²) in [7, 11) is 1.62. The molecule has 1 saturated heterocycles. The summed E-state index contributed by atoms with van der Waals surface area (Å²) in [5, 5.41) is 1.33. The predicted octanol–water partition coefficient (Wildman–Crippen LogP) is 4.05. The Hall–Kier alpha value is -2.32. The summed E-state index contributed by atoms with van der Waals surface area (Å²) in [6.07, 6.45) is 6.37. The third-order valence-corrected chi connectivity index (χ3v) is 8.18. The van der Waals surface area contributed by atoms with E-state index in [-0.39, 0.29) is 11.5 Å². The van der Waals surface area contributed by atoms with Crippen LogP contribution in [0.15, 0.2) is 34.2 Å². The number of methoxy groups -OCH3 is 1. The number of aryl methyl sites for hydroxylation is 2. The number of nitrogens with zero attached hydrogens (tertiary/aromatic N) is 3. The Bertz CT molecular complexity index is 1180. The van der Waals surface area contributed by atoms with Crippen molar-refractivity contribution in [2.75, 3.05) is 26.0 Å². The zero-order valence-electron chi connectivity index (χ0n) is 17.6. The SMILES string of the molecule is COc1ccc(-n2c(SCC(=O)N3CCCC3)nc3sc4c(c3c2=O)CCCC4)cc1. The Balaban J connectivity index is 1.59. The Labute approximate surface area is 189 Å². The Morgan fingerprint density at radius 3 is 2.61 bits per heavy atom. The fourth-order valence-corrected chi connectivity index (χ4v) is 6.64. The van der Waals surface area contributed by atoms with Crippen LogP contribution in [0.5, 0.6) is 5.75 Å². The lowest BCUT2D eigenvalue weighted by atomic mass is 9.97. The van der Waals surface area contributed by atoms with Crippen LogP contribution in [0.25, 0.3) is 15.9 Å². The van der Waals surface area contributed by atoms with Gasteiger partial charge >= 0.3 is 0 Å². The minimum absolute atomic E-state index is 0.0364. The number of carbonyl (C=O) groups is 1. The maximum Gasteiger partial charge on any atom is 0.267 e. The highest BCUT2D eigenvalue weighted by molar-refractivity contribution is 7.99. The summed E-state index contributed by atoms with van der Waals surface area (Å²) in [6.45, 7) is 1.66. The molecule has 1 amide bonds. The smallest absolute Gasteiger partial charge is 0.267 e. The molecule has 0 spiro atoms. The second kappa shape index (κ2) is 8.67. The van der Waals surface area contributed by atoms with E-state index in [0.29, 0.717) is 10.9 Å². The lowest BCUT2D eigenvalue weighted by Crippen LogP contribution is -2.29. The summed E-state index contributed by atoms with van der Waals surface area (Å²) < 4.78 is 6.95. The van der Waals surface area contributed by atoms with Crippen LogP contribution in [0.2, 0.25) is 0 Å². The molecule has 0 saturated carbocycles. The standard InChI is InChI=1S/C23H25N3O3S2/c1-29-16-10-8-15(9-11-16)26-22(28)20-17-6-2-3-7-18(17)31-21(20)24-23(26)30-14-19(27)25-12-4-5-13-25/h8-11H,2-7,12-14H2,1H3. The zero-order chi connectivity index (χ0) is 21.4. The van der Waals surface area contributed by atoms with Gasteiger partial charge in [-0.15, -0.1) is 11.3 Å². The van der Waals surface area contributed by atoms with Crippen LogP contribution < -0.4 is 10.3 Å². The van der Waals surface area contributed by atoms with E-state index in [1.807, 2.05) is 29.2 Å². The van der Waals surface area contributed by atoms with Gasteiger partial charge in [-0.3, -0.25) is 14.2 Å². The van der Waals surface area contributed by atoms with Crippen molar-refractivity contribution >= 4 is 39.2 Å². The number of benzene rings is 1. The average molecular weight is 456 g/mol. The van der Waals surface area contributed by atoms with Gasteiger partial charge in [-0.2, -0.15) is 0 Å². The number of ether oxygens (including phenoxy) is 1. The second-order valence-electron chi connectivity index (χ2n) is 8.00. The summed E-state index contributed by atoms with van der Waals surface area (Å²) in [6, 6.07) is 7.44. The predicted molar refractivity (Wildman–Crippen MR) is 125 cm³/mol. The van der Waals surface area contributed by atoms with Crippen LogP contribution in [-0.2, 0) is 17.6 Å². The minimum atomic E-state index is -0.0364. The summed E-state index contributed by atoms with van der Waals surface area (Å²) >= 11 is 3.00. The van der Waals surface area contributed by atoms with Gasteiger partial charge in [0, 0.05) is 18.0 Å². The normalized spacial score (nSPS) is 16.0. The first-order valence-corrected chi connectivity index (χ1v) is 12.6. The van der Waals surface area contributed by atoms with E-state index in [1.165, 1.54) is 28.6 Å². The highest BCUT2D eigenvalue weighted by Gasteiger charge is 2.24. The zero-order valence-corrected chi connectivity index (χ0v) is 19.2. The fourth-order valence-electron chi connectivity index (χ4n) is 4.43. The first-order chi connectivity index (χ1) is 15.2. The molecule has 0 atom stereocenters. The molecule has 1 fully saturated rings. The first kappa shape index (κ1) is 20.6. The van der Waals surface area contributed by atoms with E-state index in [2.05, 4.69) is 0 Å². The van der Waals surface area contributed by atoms with Gasteiger partial charge in [0.1, 0.15) is 10.6 Å². The Morgan fingerprint density at radius 1 is 1.13 bits per heavy atom. The van der Waals surface area contributed by atoms with E-state index in [9.17, 15) is 9.59 Å². The van der Waals surface area contributed by atoms with Crippen molar-refractivity contribution in [2.24, 2.45) is 0 Å². The lowest BCUT2D eigenvalue weighted by molar-refractivity contribution is -0.127. The third-order valence-electron chi connectivity index (χ3n) is 6.07. The molecule has 0 bridgehead atoms. The number of likely N-dealkylation sites (tertiary alicyclic amines) is 1. The van der Waals surface area contributed by atoms with Gasteiger partial charge in [-0.1, -0.05) is 11.8 Å². The van der Waals surface area contributed by atoms with E-state index >= 15 is 0 Å². The first-order valence-electron chi connectivity index (χ1n) is 10.8. The lowest BCUT2D eigenvalue weighted by Gasteiger charge is -2.16. The molecule has 2 aliphatic rings. The van der Waals surface area contributed by atoms with Gasteiger partial charge in [0.2, 0.25) is 5.91 Å². The molecule has 1 aromatic carbocycles. The average Bonchev–Trinajstić information content (AvgIpc) is 3.46. The van der Waals surface area contributed by atoms with Crippen LogP contribution in [0.1, 0.15) is 36.1 Å². The van der Waals surface area contributed by atoms with E-state index in [4.69, 9.17) is 9.72 Å². The molecule has 3 aromatic rings. The molecule has 0 radical (unpaired) electrons. The Kier molecular flexibility index (Phi) is 5.75. The highest BCUT2D eigenvalue weighted by Crippen LogP contribution is 2.35. The van der Waals surface area contributed by atoms with E-state index < -0.39 is 0 Å². The van der Waals surface area contributed by atoms with Crippen molar-refractivity contribution in [3.8, 4) is 11.4 Å². The molecule has 6 nitrogen and oxygen atoms in total. The van der Waals surface area contributed by atoms with Gasteiger partial charge in [0.05, 0.1) is 23.9 Å². The largest absolute Gasteiger partial charge is 0.497 e. The minimum Gasteiger partial charge on any atom is -0.497 e. The molecule has 0 unspecified atom stereocenters. The number of carbonyl (C=O) groups excluding carboxylic acids is 1. The third kappa shape index (κ3) is 3.87. The fraction of sp³-hybridized carbons (Fsp3) is 0.435. The van der Waals surface area contributed by atoms with Crippen molar-refractivity contribution in [3.05, 3.63) is 45.1 Å². The summed E-state index contributed by atoms with van der Waals surface area (Å²) in [5.41, 5.74) is 1.88. The molecule has 1 aliphatic heterocycles. The summed E-state index contributed by atoms with van der Waals surface area (Å²) in [5.74, 6) is 1.14. The number of amides is 1. The maximum atomic E-state index is 13.7. The van der Waals surface area contributed by atoms with Crippen molar-refractivity contribution in [1.82, 2.24) is 14.5 Å². The topological polar surface area (TPSA) is 64.4 Å². The molecule has 8 heteroatoms. The molecule has 2 aromatic heterocycles. The number of hydrogen-bond acceptors (Lipinski definition) is 6. The number of thiophene rings is 1. The van der Waals surface area contributed by atoms with Crippen LogP contribution >= 0.6 is 23.1 Å². The highest BCUT2D eigenvalue weighted by atomic mass is 32.2.